The minimum atomic E-state index is -1.05. The van der Waals surface area contributed by atoms with Crippen LogP contribution in [0.25, 0.3) is 0 Å². The standard InChI is InChI=1S/C13H18FNO4/c14-10-4-2-9(3-5-10)13(19)11(8-12(17)18)15-6-1-7-16/h2-5,11,13,15-16,19H,1,6-8H2,(H,17,18). The molecule has 4 N–H and O–H groups in total. The highest BCUT2D eigenvalue weighted by molar-refractivity contribution is 5.67. The van der Waals surface area contributed by atoms with Crippen LogP contribution in [0.5, 0.6) is 0 Å². The lowest BCUT2D eigenvalue weighted by molar-refractivity contribution is -0.138. The maximum absolute atomic E-state index is 12.8. The number of aliphatic hydroxyl groups excluding tert-OH is 2. The molecule has 6 heteroatoms. The number of hydrogen-bond acceptors (Lipinski definition) is 4. The summed E-state index contributed by atoms with van der Waals surface area (Å²) in [5.74, 6) is -1.46. The third kappa shape index (κ3) is 5.34. The molecule has 0 bridgehead atoms. The second kappa shape index (κ2) is 7.83. The van der Waals surface area contributed by atoms with E-state index in [2.05, 4.69) is 5.32 Å². The molecular weight excluding hydrogens is 253 g/mol. The lowest BCUT2D eigenvalue weighted by Gasteiger charge is -2.23. The SMILES string of the molecule is O=C(O)CC(NCCCO)C(O)c1ccc(F)cc1. The lowest BCUT2D eigenvalue weighted by atomic mass is 9.99. The van der Waals surface area contributed by atoms with E-state index in [1.54, 1.807) is 0 Å². The van der Waals surface area contributed by atoms with E-state index in [0.29, 0.717) is 18.5 Å². The molecule has 0 aliphatic rings. The summed E-state index contributed by atoms with van der Waals surface area (Å²) >= 11 is 0. The highest BCUT2D eigenvalue weighted by atomic mass is 19.1. The number of benzene rings is 1. The molecule has 0 radical (unpaired) electrons. The quantitative estimate of drug-likeness (QED) is 0.522. The Morgan fingerprint density at radius 3 is 2.47 bits per heavy atom. The maximum atomic E-state index is 12.8. The molecule has 0 saturated heterocycles. The molecular formula is C13H18FNO4. The van der Waals surface area contributed by atoms with Crippen molar-refractivity contribution >= 4 is 5.97 Å². The van der Waals surface area contributed by atoms with Gasteiger partial charge in [0.25, 0.3) is 0 Å². The Balaban J connectivity index is 2.71. The van der Waals surface area contributed by atoms with Crippen molar-refractivity contribution < 1.29 is 24.5 Å². The summed E-state index contributed by atoms with van der Waals surface area (Å²) in [6, 6.07) is 4.58. The van der Waals surface area contributed by atoms with Gasteiger partial charge in [0.05, 0.1) is 12.5 Å². The molecule has 1 aromatic rings. The van der Waals surface area contributed by atoms with Gasteiger partial charge in [-0.25, -0.2) is 4.39 Å². The van der Waals surface area contributed by atoms with E-state index < -0.39 is 23.9 Å². The first kappa shape index (κ1) is 15.6. The Morgan fingerprint density at radius 1 is 1.32 bits per heavy atom. The first-order valence-electron chi connectivity index (χ1n) is 6.04. The molecule has 0 saturated carbocycles. The molecule has 0 aliphatic carbocycles. The van der Waals surface area contributed by atoms with Crippen LogP contribution in [0.1, 0.15) is 24.5 Å². The van der Waals surface area contributed by atoms with Crippen molar-refractivity contribution in [2.45, 2.75) is 25.0 Å². The summed E-state index contributed by atoms with van der Waals surface area (Å²) in [7, 11) is 0. The van der Waals surface area contributed by atoms with Crippen molar-refractivity contribution in [2.24, 2.45) is 0 Å². The van der Waals surface area contributed by atoms with Gasteiger partial charge in [-0.3, -0.25) is 4.79 Å². The van der Waals surface area contributed by atoms with Gasteiger partial charge in [-0.15, -0.1) is 0 Å². The van der Waals surface area contributed by atoms with E-state index in [1.165, 1.54) is 24.3 Å². The van der Waals surface area contributed by atoms with Gasteiger partial charge in [0, 0.05) is 12.6 Å². The van der Waals surface area contributed by atoms with Gasteiger partial charge in [0.1, 0.15) is 5.82 Å². The van der Waals surface area contributed by atoms with Crippen LogP contribution in [0, 0.1) is 5.82 Å². The van der Waals surface area contributed by atoms with Gasteiger partial charge in [-0.1, -0.05) is 12.1 Å². The second-order valence-corrected chi connectivity index (χ2v) is 4.23. The number of aliphatic carboxylic acids is 1. The molecule has 2 unspecified atom stereocenters. The van der Waals surface area contributed by atoms with E-state index in [4.69, 9.17) is 10.2 Å². The van der Waals surface area contributed by atoms with E-state index in [-0.39, 0.29) is 13.0 Å². The normalized spacial score (nSPS) is 14.1. The van der Waals surface area contributed by atoms with Crippen molar-refractivity contribution in [2.75, 3.05) is 13.2 Å². The average molecular weight is 271 g/mol. The second-order valence-electron chi connectivity index (χ2n) is 4.23. The molecule has 0 heterocycles. The number of carboxylic acid groups (broad SMARTS) is 1. The zero-order valence-corrected chi connectivity index (χ0v) is 10.4. The van der Waals surface area contributed by atoms with E-state index in [0.717, 1.165) is 0 Å². The van der Waals surface area contributed by atoms with Gasteiger partial charge in [0.15, 0.2) is 0 Å². The minimum absolute atomic E-state index is 0.0144. The van der Waals surface area contributed by atoms with Crippen molar-refractivity contribution in [1.82, 2.24) is 5.32 Å². The molecule has 0 amide bonds. The third-order valence-electron chi connectivity index (χ3n) is 2.73. The summed E-state index contributed by atoms with van der Waals surface area (Å²) in [5.41, 5.74) is 0.448. The Bertz CT molecular complexity index is 396. The zero-order chi connectivity index (χ0) is 14.3. The molecule has 2 atom stereocenters. The van der Waals surface area contributed by atoms with Crippen molar-refractivity contribution in [3.63, 3.8) is 0 Å². The van der Waals surface area contributed by atoms with Crippen molar-refractivity contribution in [1.29, 1.82) is 0 Å². The summed E-state index contributed by atoms with van der Waals surface area (Å²) in [6.45, 7) is 0.381. The van der Waals surface area contributed by atoms with E-state index >= 15 is 0 Å². The van der Waals surface area contributed by atoms with Crippen LogP contribution in [0.4, 0.5) is 4.39 Å². The first-order valence-corrected chi connectivity index (χ1v) is 6.04. The molecule has 106 valence electrons. The highest BCUT2D eigenvalue weighted by Crippen LogP contribution is 2.19. The predicted molar refractivity (Wildman–Crippen MR) is 67.1 cm³/mol. The monoisotopic (exact) mass is 271 g/mol. The minimum Gasteiger partial charge on any atom is -0.481 e. The van der Waals surface area contributed by atoms with Gasteiger partial charge >= 0.3 is 5.97 Å². The number of nitrogens with one attached hydrogen (secondary N) is 1. The van der Waals surface area contributed by atoms with Crippen LogP contribution in [0.3, 0.4) is 0 Å². The number of aliphatic hydroxyl groups is 2. The smallest absolute Gasteiger partial charge is 0.305 e. The van der Waals surface area contributed by atoms with Gasteiger partial charge in [-0.2, -0.15) is 0 Å². The van der Waals surface area contributed by atoms with Crippen LogP contribution in [-0.4, -0.2) is 40.5 Å². The molecule has 0 fully saturated rings. The third-order valence-corrected chi connectivity index (χ3v) is 2.73. The van der Waals surface area contributed by atoms with Crippen LogP contribution in [-0.2, 0) is 4.79 Å². The number of hydrogen-bond donors (Lipinski definition) is 4. The number of carbonyl (C=O) groups is 1. The fourth-order valence-corrected chi connectivity index (χ4v) is 1.74. The fraction of sp³-hybridized carbons (Fsp3) is 0.462. The first-order chi connectivity index (χ1) is 9.04. The summed E-state index contributed by atoms with van der Waals surface area (Å²) in [6.07, 6.45) is -0.841. The summed E-state index contributed by atoms with van der Waals surface area (Å²) in [5, 5.41) is 30.5. The van der Waals surface area contributed by atoms with Crippen LogP contribution >= 0.6 is 0 Å². The largest absolute Gasteiger partial charge is 0.481 e. The van der Waals surface area contributed by atoms with Crippen LogP contribution in [0.2, 0.25) is 0 Å². The average Bonchev–Trinajstić information content (AvgIpc) is 2.37. The molecule has 0 aromatic heterocycles. The molecule has 1 aromatic carbocycles. The van der Waals surface area contributed by atoms with Crippen LogP contribution < -0.4 is 5.32 Å². The Kier molecular flexibility index (Phi) is 6.41. The topological polar surface area (TPSA) is 89.8 Å². The maximum Gasteiger partial charge on any atom is 0.305 e. The Morgan fingerprint density at radius 2 is 1.95 bits per heavy atom. The van der Waals surface area contributed by atoms with Gasteiger partial charge in [-0.05, 0) is 30.7 Å². The molecule has 0 spiro atoms. The van der Waals surface area contributed by atoms with E-state index in [1.807, 2.05) is 0 Å². The fourth-order valence-electron chi connectivity index (χ4n) is 1.74. The number of rotatable bonds is 8. The molecule has 0 aliphatic heterocycles. The molecule has 5 nitrogen and oxygen atoms in total. The summed E-state index contributed by atoms with van der Waals surface area (Å²) < 4.78 is 12.8. The Hall–Kier alpha value is -1.50. The van der Waals surface area contributed by atoms with Crippen LogP contribution in [0.15, 0.2) is 24.3 Å². The predicted octanol–water partition coefficient (Wildman–Crippen LogP) is 0.674. The lowest BCUT2D eigenvalue weighted by Crippen LogP contribution is -2.37. The van der Waals surface area contributed by atoms with Crippen molar-refractivity contribution in [3.05, 3.63) is 35.6 Å². The van der Waals surface area contributed by atoms with Gasteiger partial charge in [0.2, 0.25) is 0 Å². The van der Waals surface area contributed by atoms with Gasteiger partial charge < -0.3 is 20.6 Å². The van der Waals surface area contributed by atoms with E-state index in [9.17, 15) is 14.3 Å². The zero-order valence-electron chi connectivity index (χ0n) is 10.4. The highest BCUT2D eigenvalue weighted by Gasteiger charge is 2.23. The number of halogens is 1. The van der Waals surface area contributed by atoms with Crippen molar-refractivity contribution in [3.8, 4) is 0 Å². The molecule has 1 rings (SSSR count). The molecule has 19 heavy (non-hydrogen) atoms. The summed E-state index contributed by atoms with van der Waals surface area (Å²) in [4.78, 5) is 10.8. The Labute approximate surface area is 110 Å². The number of carboxylic acids is 1.